The van der Waals surface area contributed by atoms with E-state index >= 15 is 0 Å². The minimum absolute atomic E-state index is 0.239. The van der Waals surface area contributed by atoms with E-state index in [4.69, 9.17) is 5.11 Å². The molecule has 1 amide bonds. The summed E-state index contributed by atoms with van der Waals surface area (Å²) in [6.45, 7) is 1.48. The molecule has 20 heavy (non-hydrogen) atoms. The number of aliphatic carboxylic acids is 1. The fourth-order valence-electron chi connectivity index (χ4n) is 2.20. The largest absolute Gasteiger partial charge is 0.480 e. The Hall–Kier alpha value is -1.19. The van der Waals surface area contributed by atoms with Crippen molar-refractivity contribution in [2.24, 2.45) is 0 Å². The number of hydrogen-bond acceptors (Lipinski definition) is 5. The van der Waals surface area contributed by atoms with Crippen molar-refractivity contribution in [1.29, 1.82) is 0 Å². The number of aliphatic hydroxyl groups excluding tert-OH is 1. The monoisotopic (exact) mass is 308 g/mol. The van der Waals surface area contributed by atoms with E-state index in [9.17, 15) is 23.1 Å². The zero-order valence-corrected chi connectivity index (χ0v) is 12.3. The molecule has 3 atom stereocenters. The molecule has 1 fully saturated rings. The normalized spacial score (nSPS) is 23.9. The summed E-state index contributed by atoms with van der Waals surface area (Å²) in [4.78, 5) is 23.0. The number of hydrogen-bond donors (Lipinski definition) is 3. The van der Waals surface area contributed by atoms with Gasteiger partial charge >= 0.3 is 5.97 Å². The molecular formula is C11H20N2O6S. The summed E-state index contributed by atoms with van der Waals surface area (Å²) in [6, 6.07) is -2.37. The standard InChI is InChI=1S/C11H20N2O6S/c1-7(14)9(11(16)17)12-10(15)8-5-3-4-6-13(8)20(2,18)19/h7-9,14H,3-6H2,1-2H3,(H,12,15)(H,16,17)/t7-,8?,9+/m1/s1. The lowest BCUT2D eigenvalue weighted by Gasteiger charge is -2.33. The van der Waals surface area contributed by atoms with E-state index in [0.717, 1.165) is 10.6 Å². The lowest BCUT2D eigenvalue weighted by molar-refractivity contribution is -0.145. The maximum atomic E-state index is 12.1. The lowest BCUT2D eigenvalue weighted by atomic mass is 10.0. The molecule has 0 aliphatic carbocycles. The van der Waals surface area contributed by atoms with Crippen LogP contribution in [0.5, 0.6) is 0 Å². The summed E-state index contributed by atoms with van der Waals surface area (Å²) in [7, 11) is -3.53. The first-order valence-electron chi connectivity index (χ1n) is 6.32. The average Bonchev–Trinajstić information content (AvgIpc) is 2.33. The molecule has 1 saturated heterocycles. The third kappa shape index (κ3) is 4.15. The molecule has 1 aliphatic heterocycles. The van der Waals surface area contributed by atoms with E-state index in [1.54, 1.807) is 0 Å². The second-order valence-electron chi connectivity index (χ2n) is 4.95. The van der Waals surface area contributed by atoms with E-state index in [1.807, 2.05) is 0 Å². The van der Waals surface area contributed by atoms with Gasteiger partial charge in [-0.15, -0.1) is 0 Å². The van der Waals surface area contributed by atoms with Crippen molar-refractivity contribution in [3.63, 3.8) is 0 Å². The van der Waals surface area contributed by atoms with Crippen molar-refractivity contribution in [1.82, 2.24) is 9.62 Å². The first-order chi connectivity index (χ1) is 9.14. The first kappa shape index (κ1) is 16.9. The van der Waals surface area contributed by atoms with Crippen molar-refractivity contribution in [2.45, 2.75) is 44.4 Å². The number of nitrogens with zero attached hydrogens (tertiary/aromatic N) is 1. The van der Waals surface area contributed by atoms with Gasteiger partial charge in [-0.1, -0.05) is 6.42 Å². The molecule has 8 nitrogen and oxygen atoms in total. The van der Waals surface area contributed by atoms with Crippen molar-refractivity contribution < 1.29 is 28.2 Å². The first-order valence-corrected chi connectivity index (χ1v) is 8.17. The molecule has 0 spiro atoms. The van der Waals surface area contributed by atoms with Crippen LogP contribution in [0.2, 0.25) is 0 Å². The predicted octanol–water partition coefficient (Wildman–Crippen LogP) is -1.25. The van der Waals surface area contributed by atoms with Gasteiger partial charge in [0.25, 0.3) is 0 Å². The van der Waals surface area contributed by atoms with Crippen LogP contribution >= 0.6 is 0 Å². The Morgan fingerprint density at radius 1 is 1.35 bits per heavy atom. The SMILES string of the molecule is C[C@@H](O)[C@H](NC(=O)C1CCCCN1S(C)(=O)=O)C(=O)O. The summed E-state index contributed by atoms with van der Waals surface area (Å²) in [5, 5.41) is 20.4. The average molecular weight is 308 g/mol. The number of rotatable bonds is 5. The molecule has 9 heteroatoms. The lowest BCUT2D eigenvalue weighted by Crippen LogP contribution is -2.56. The molecule has 0 aromatic carbocycles. The Morgan fingerprint density at radius 3 is 2.40 bits per heavy atom. The van der Waals surface area contributed by atoms with Crippen molar-refractivity contribution in [2.75, 3.05) is 12.8 Å². The van der Waals surface area contributed by atoms with Gasteiger partial charge in [0, 0.05) is 6.54 Å². The number of carboxylic acids is 1. The van der Waals surface area contributed by atoms with Crippen LogP contribution in [0.1, 0.15) is 26.2 Å². The van der Waals surface area contributed by atoms with E-state index in [2.05, 4.69) is 5.32 Å². The van der Waals surface area contributed by atoms with Crippen molar-refractivity contribution in [3.8, 4) is 0 Å². The van der Waals surface area contributed by atoms with Crippen molar-refractivity contribution in [3.05, 3.63) is 0 Å². The Balaban J connectivity index is 2.86. The number of carboxylic acid groups (broad SMARTS) is 1. The predicted molar refractivity (Wildman–Crippen MR) is 70.4 cm³/mol. The number of aliphatic hydroxyl groups is 1. The zero-order chi connectivity index (χ0) is 15.5. The molecule has 0 aromatic rings. The fraction of sp³-hybridized carbons (Fsp3) is 0.818. The molecular weight excluding hydrogens is 288 g/mol. The third-order valence-electron chi connectivity index (χ3n) is 3.23. The highest BCUT2D eigenvalue weighted by Crippen LogP contribution is 2.20. The zero-order valence-electron chi connectivity index (χ0n) is 11.4. The molecule has 0 radical (unpaired) electrons. The Labute approximate surface area is 117 Å². The van der Waals surface area contributed by atoms with Gasteiger partial charge in [-0.2, -0.15) is 4.31 Å². The van der Waals surface area contributed by atoms with Crippen LogP contribution in [0.25, 0.3) is 0 Å². The van der Waals surface area contributed by atoms with Gasteiger partial charge in [-0.25, -0.2) is 13.2 Å². The smallest absolute Gasteiger partial charge is 0.328 e. The van der Waals surface area contributed by atoms with Crippen LogP contribution in [0, 0.1) is 0 Å². The number of amides is 1. The number of carbonyl (C=O) groups is 2. The van der Waals surface area contributed by atoms with Crippen LogP contribution in [-0.2, 0) is 19.6 Å². The topological polar surface area (TPSA) is 124 Å². The van der Waals surface area contributed by atoms with Gasteiger partial charge < -0.3 is 15.5 Å². The quantitative estimate of drug-likeness (QED) is 0.583. The number of nitrogens with one attached hydrogen (secondary N) is 1. The Morgan fingerprint density at radius 2 is 1.95 bits per heavy atom. The summed E-state index contributed by atoms with van der Waals surface area (Å²) in [6.07, 6.45) is 1.44. The second-order valence-corrected chi connectivity index (χ2v) is 6.89. The Bertz CT molecular complexity index is 475. The fourth-order valence-corrected chi connectivity index (χ4v) is 3.33. The number of piperidine rings is 1. The summed E-state index contributed by atoms with van der Waals surface area (Å²) in [5.74, 6) is -2.06. The number of carbonyl (C=O) groups excluding carboxylic acids is 1. The summed E-state index contributed by atoms with van der Waals surface area (Å²) in [5.41, 5.74) is 0. The van der Waals surface area contributed by atoms with Gasteiger partial charge in [0.05, 0.1) is 12.4 Å². The highest BCUT2D eigenvalue weighted by molar-refractivity contribution is 7.88. The molecule has 3 N–H and O–H groups in total. The van der Waals surface area contributed by atoms with Gasteiger partial charge in [-0.05, 0) is 19.8 Å². The summed E-state index contributed by atoms with van der Waals surface area (Å²) >= 11 is 0. The van der Waals surface area contributed by atoms with Crippen LogP contribution in [0.4, 0.5) is 0 Å². The Kier molecular flexibility index (Phi) is 5.49. The highest BCUT2D eigenvalue weighted by Gasteiger charge is 2.36. The maximum absolute atomic E-state index is 12.1. The molecule has 0 bridgehead atoms. The van der Waals surface area contributed by atoms with Gasteiger partial charge in [0.1, 0.15) is 6.04 Å². The van der Waals surface area contributed by atoms with Crippen LogP contribution < -0.4 is 5.32 Å². The van der Waals surface area contributed by atoms with Gasteiger partial charge in [0.15, 0.2) is 6.04 Å². The van der Waals surface area contributed by atoms with Gasteiger partial charge in [0.2, 0.25) is 15.9 Å². The van der Waals surface area contributed by atoms with E-state index in [1.165, 1.54) is 6.92 Å². The minimum Gasteiger partial charge on any atom is -0.480 e. The molecule has 1 heterocycles. The maximum Gasteiger partial charge on any atom is 0.328 e. The third-order valence-corrected chi connectivity index (χ3v) is 4.52. The summed E-state index contributed by atoms with van der Waals surface area (Å²) < 4.78 is 24.3. The van der Waals surface area contributed by atoms with Crippen LogP contribution in [-0.4, -0.2) is 65.8 Å². The molecule has 0 saturated carbocycles. The highest BCUT2D eigenvalue weighted by atomic mass is 32.2. The van der Waals surface area contributed by atoms with Crippen LogP contribution in [0.15, 0.2) is 0 Å². The van der Waals surface area contributed by atoms with Crippen LogP contribution in [0.3, 0.4) is 0 Å². The van der Waals surface area contributed by atoms with E-state index < -0.39 is 40.1 Å². The molecule has 1 rings (SSSR count). The second kappa shape index (κ2) is 6.51. The minimum atomic E-state index is -3.53. The van der Waals surface area contributed by atoms with Gasteiger partial charge in [-0.3, -0.25) is 4.79 Å². The number of sulfonamides is 1. The molecule has 0 aromatic heterocycles. The molecule has 1 aliphatic rings. The van der Waals surface area contributed by atoms with E-state index in [-0.39, 0.29) is 6.54 Å². The van der Waals surface area contributed by atoms with Crippen molar-refractivity contribution >= 4 is 21.9 Å². The molecule has 1 unspecified atom stereocenters. The molecule has 116 valence electrons. The van der Waals surface area contributed by atoms with E-state index in [0.29, 0.717) is 19.3 Å².